The predicted molar refractivity (Wildman–Crippen MR) is 118 cm³/mol. The highest BCUT2D eigenvalue weighted by Crippen LogP contribution is 2.40. The van der Waals surface area contributed by atoms with Gasteiger partial charge < -0.3 is 4.74 Å². The van der Waals surface area contributed by atoms with Crippen molar-refractivity contribution in [3.05, 3.63) is 72.4 Å². The summed E-state index contributed by atoms with van der Waals surface area (Å²) in [6.07, 6.45) is 1.78. The summed E-state index contributed by atoms with van der Waals surface area (Å²) < 4.78 is 8.15. The fourth-order valence-corrected chi connectivity index (χ4v) is 5.39. The van der Waals surface area contributed by atoms with Gasteiger partial charge in [0.2, 0.25) is 0 Å². The van der Waals surface area contributed by atoms with Crippen molar-refractivity contribution in [1.82, 2.24) is 24.2 Å². The second-order valence-corrected chi connectivity index (χ2v) is 9.50. The molecule has 31 heavy (non-hydrogen) atoms. The Bertz CT molecular complexity index is 1230. The molecule has 0 unspecified atom stereocenters. The van der Waals surface area contributed by atoms with Gasteiger partial charge in [-0.2, -0.15) is 5.10 Å². The van der Waals surface area contributed by atoms with Crippen molar-refractivity contribution in [3.8, 4) is 5.75 Å². The van der Waals surface area contributed by atoms with Crippen LogP contribution in [0.15, 0.2) is 39.2 Å². The average molecular weight is 440 g/mol. The number of rotatable bonds is 5. The zero-order chi connectivity index (χ0) is 21.6. The lowest BCUT2D eigenvalue weighted by Crippen LogP contribution is -2.45. The summed E-state index contributed by atoms with van der Waals surface area (Å²) >= 11 is 1.53. The summed E-state index contributed by atoms with van der Waals surface area (Å²) in [6, 6.07) is 8.13. The Morgan fingerprint density at radius 2 is 1.87 bits per heavy atom. The fraction of sp³-hybridized carbons (Fsp3) is 0.455. The topological polar surface area (TPSA) is 82.2 Å². The van der Waals surface area contributed by atoms with Crippen molar-refractivity contribution in [3.63, 3.8) is 0 Å². The largest absolute Gasteiger partial charge is 0.497 e. The standard InChI is InChI=1S/C22H25N5O3S/c1-15-23-17(13-31-15)12-27-20(29)19(28)26-10-8-22(21(26)24-27)7-9-25(14-22)11-16-3-5-18(30-2)6-4-16/h3-6,13H,7-12,14H2,1-2H3/t22-/m1/s1. The molecule has 0 N–H and O–H groups in total. The van der Waals surface area contributed by atoms with Crippen LogP contribution in [0, 0.1) is 6.92 Å². The molecule has 2 aliphatic rings. The van der Waals surface area contributed by atoms with Crippen LogP contribution in [0.25, 0.3) is 0 Å². The number of thiazole rings is 1. The minimum absolute atomic E-state index is 0.181. The van der Waals surface area contributed by atoms with Crippen LogP contribution in [0.2, 0.25) is 0 Å². The van der Waals surface area contributed by atoms with Crippen molar-refractivity contribution in [2.24, 2.45) is 0 Å². The maximum absolute atomic E-state index is 12.8. The van der Waals surface area contributed by atoms with Gasteiger partial charge in [-0.3, -0.25) is 19.1 Å². The van der Waals surface area contributed by atoms with Crippen LogP contribution in [0.3, 0.4) is 0 Å². The van der Waals surface area contributed by atoms with Crippen LogP contribution in [0.5, 0.6) is 5.75 Å². The summed E-state index contributed by atoms with van der Waals surface area (Å²) in [5.41, 5.74) is 0.770. The minimum Gasteiger partial charge on any atom is -0.497 e. The molecule has 0 amide bonds. The van der Waals surface area contributed by atoms with Gasteiger partial charge in [-0.25, -0.2) is 9.67 Å². The minimum atomic E-state index is -0.570. The van der Waals surface area contributed by atoms with Gasteiger partial charge in [0.15, 0.2) is 0 Å². The molecule has 2 aromatic heterocycles. The van der Waals surface area contributed by atoms with Gasteiger partial charge in [-0.15, -0.1) is 11.3 Å². The molecule has 1 fully saturated rings. The molecular formula is C22H25N5O3S. The molecule has 162 valence electrons. The maximum atomic E-state index is 12.8. The number of nitrogens with zero attached hydrogens (tertiary/aromatic N) is 5. The third kappa shape index (κ3) is 3.61. The van der Waals surface area contributed by atoms with Crippen molar-refractivity contribution in [1.29, 1.82) is 0 Å². The first-order chi connectivity index (χ1) is 15.0. The molecule has 1 saturated heterocycles. The quantitative estimate of drug-likeness (QED) is 0.564. The zero-order valence-electron chi connectivity index (χ0n) is 17.7. The normalized spacial score (nSPS) is 20.5. The lowest BCUT2D eigenvalue weighted by Gasteiger charge is -2.24. The number of hydrogen-bond acceptors (Lipinski definition) is 7. The van der Waals surface area contributed by atoms with E-state index in [1.165, 1.54) is 21.6 Å². The highest BCUT2D eigenvalue weighted by atomic mass is 32.1. The van der Waals surface area contributed by atoms with Crippen molar-refractivity contribution in [2.75, 3.05) is 20.2 Å². The van der Waals surface area contributed by atoms with Crippen LogP contribution >= 0.6 is 11.3 Å². The Labute approximate surface area is 183 Å². The van der Waals surface area contributed by atoms with E-state index in [-0.39, 0.29) is 12.0 Å². The number of benzene rings is 1. The van der Waals surface area contributed by atoms with Gasteiger partial charge in [0.25, 0.3) is 0 Å². The van der Waals surface area contributed by atoms with E-state index in [0.29, 0.717) is 6.54 Å². The Morgan fingerprint density at radius 1 is 1.10 bits per heavy atom. The number of aromatic nitrogens is 4. The van der Waals surface area contributed by atoms with Gasteiger partial charge in [0.1, 0.15) is 11.6 Å². The molecule has 9 heteroatoms. The molecule has 3 aromatic rings. The SMILES string of the molecule is COc1ccc(CN2CC[C@@]3(CCn4c3nn(Cc3csc(C)n3)c(=O)c4=O)C2)cc1. The molecule has 8 nitrogen and oxygen atoms in total. The third-order valence-electron chi connectivity index (χ3n) is 6.40. The molecule has 0 saturated carbocycles. The van der Waals surface area contributed by atoms with Crippen LogP contribution in [-0.4, -0.2) is 44.4 Å². The number of ether oxygens (including phenoxy) is 1. The maximum Gasteiger partial charge on any atom is 0.332 e. The van der Waals surface area contributed by atoms with Crippen LogP contribution < -0.4 is 15.9 Å². The molecule has 1 atom stereocenters. The van der Waals surface area contributed by atoms with Crippen molar-refractivity contribution in [2.45, 2.75) is 44.8 Å². The number of fused-ring (bicyclic) bond motifs is 2. The van der Waals surface area contributed by atoms with E-state index in [1.54, 1.807) is 11.7 Å². The molecule has 4 heterocycles. The second kappa shape index (κ2) is 7.72. The van der Waals surface area contributed by atoms with Crippen LogP contribution in [-0.2, 0) is 25.0 Å². The summed E-state index contributed by atoms with van der Waals surface area (Å²) in [6.45, 7) is 5.33. The second-order valence-electron chi connectivity index (χ2n) is 8.44. The number of hydrogen-bond donors (Lipinski definition) is 0. The Hall–Kier alpha value is -2.78. The van der Waals surface area contributed by atoms with Crippen molar-refractivity contribution < 1.29 is 4.74 Å². The summed E-state index contributed by atoms with van der Waals surface area (Å²) in [4.78, 5) is 32.2. The van der Waals surface area contributed by atoms with Crippen LogP contribution in [0.4, 0.5) is 0 Å². The van der Waals surface area contributed by atoms with Gasteiger partial charge in [-0.1, -0.05) is 12.1 Å². The first kappa shape index (κ1) is 20.1. The molecule has 0 radical (unpaired) electrons. The Balaban J connectivity index is 1.41. The fourth-order valence-electron chi connectivity index (χ4n) is 4.78. The summed E-state index contributed by atoms with van der Waals surface area (Å²) in [5, 5.41) is 7.55. The van der Waals surface area contributed by atoms with Crippen LogP contribution in [0.1, 0.15) is 34.9 Å². The van der Waals surface area contributed by atoms with E-state index in [1.807, 2.05) is 24.4 Å². The molecule has 2 aliphatic heterocycles. The first-order valence-corrected chi connectivity index (χ1v) is 11.3. The van der Waals surface area contributed by atoms with E-state index in [4.69, 9.17) is 9.84 Å². The highest BCUT2D eigenvalue weighted by Gasteiger charge is 2.47. The number of methoxy groups -OCH3 is 1. The monoisotopic (exact) mass is 439 g/mol. The molecule has 1 spiro atoms. The molecule has 0 bridgehead atoms. The van der Waals surface area contributed by atoms with Gasteiger partial charge in [0, 0.05) is 30.4 Å². The summed E-state index contributed by atoms with van der Waals surface area (Å²) in [5.74, 6) is 1.60. The zero-order valence-corrected chi connectivity index (χ0v) is 18.5. The lowest BCUT2D eigenvalue weighted by molar-refractivity contribution is 0.297. The van der Waals surface area contributed by atoms with E-state index >= 15 is 0 Å². The predicted octanol–water partition coefficient (Wildman–Crippen LogP) is 1.77. The van der Waals surface area contributed by atoms with E-state index in [2.05, 4.69) is 22.0 Å². The summed E-state index contributed by atoms with van der Waals surface area (Å²) in [7, 11) is 1.67. The first-order valence-electron chi connectivity index (χ1n) is 10.5. The smallest absolute Gasteiger partial charge is 0.332 e. The Morgan fingerprint density at radius 3 is 2.58 bits per heavy atom. The van der Waals surface area contributed by atoms with E-state index < -0.39 is 11.1 Å². The number of likely N-dealkylation sites (tertiary alicyclic amines) is 1. The molecule has 0 aliphatic carbocycles. The molecular weight excluding hydrogens is 414 g/mol. The molecule has 1 aromatic carbocycles. The highest BCUT2D eigenvalue weighted by molar-refractivity contribution is 7.09. The van der Waals surface area contributed by atoms with E-state index in [9.17, 15) is 9.59 Å². The lowest BCUT2D eigenvalue weighted by atomic mass is 9.85. The molecule has 5 rings (SSSR count). The van der Waals surface area contributed by atoms with Gasteiger partial charge in [0.05, 0.1) is 24.4 Å². The van der Waals surface area contributed by atoms with Gasteiger partial charge >= 0.3 is 11.1 Å². The average Bonchev–Trinajstić information content (AvgIpc) is 3.47. The number of aryl methyl sites for hydroxylation is 1. The third-order valence-corrected chi connectivity index (χ3v) is 7.22. The Kier molecular flexibility index (Phi) is 5.02. The van der Waals surface area contributed by atoms with Gasteiger partial charge in [-0.05, 0) is 44.0 Å². The van der Waals surface area contributed by atoms with E-state index in [0.717, 1.165) is 54.8 Å². The van der Waals surface area contributed by atoms with Crippen molar-refractivity contribution >= 4 is 11.3 Å².